The highest BCUT2D eigenvalue weighted by molar-refractivity contribution is 14.0. The van der Waals surface area contributed by atoms with E-state index in [1.165, 1.54) is 0 Å². The number of aliphatic imine (C=N–C) groups is 1. The Morgan fingerprint density at radius 2 is 1.77 bits per heavy atom. The Balaban J connectivity index is 0.00000841. The highest BCUT2D eigenvalue weighted by Crippen LogP contribution is 2.28. The number of methoxy groups -OCH3 is 2. The number of nitrogens with zero attached hydrogens (tertiary/aromatic N) is 2. The maximum Gasteiger partial charge on any atom is 0.191 e. The minimum atomic E-state index is -0.260. The largest absolute Gasteiger partial charge is 0.493 e. The summed E-state index contributed by atoms with van der Waals surface area (Å²) in [6.45, 7) is 16.0. The van der Waals surface area contributed by atoms with Crippen molar-refractivity contribution >= 4 is 29.9 Å². The summed E-state index contributed by atoms with van der Waals surface area (Å²) in [6.07, 6.45) is 0. The lowest BCUT2D eigenvalue weighted by Gasteiger charge is -2.24. The zero-order valence-electron chi connectivity index (χ0n) is 19.7. The molecule has 0 bridgehead atoms. The van der Waals surface area contributed by atoms with E-state index in [-0.39, 0.29) is 29.6 Å². The molecule has 0 atom stereocenters. The summed E-state index contributed by atoms with van der Waals surface area (Å²) in [6, 6.07) is 5.97. The van der Waals surface area contributed by atoms with Crippen LogP contribution >= 0.6 is 24.0 Å². The van der Waals surface area contributed by atoms with Crippen molar-refractivity contribution < 1.29 is 14.2 Å². The summed E-state index contributed by atoms with van der Waals surface area (Å²) in [5, 5.41) is 6.59. The molecule has 1 aromatic rings. The van der Waals surface area contributed by atoms with Crippen LogP contribution in [0.1, 0.15) is 40.2 Å². The fourth-order valence-corrected chi connectivity index (χ4v) is 2.63. The number of likely N-dealkylation sites (N-methyl/N-ethyl adjacent to an activating group) is 1. The van der Waals surface area contributed by atoms with Gasteiger partial charge in [-0.2, -0.15) is 0 Å². The molecule has 0 aliphatic heterocycles. The molecule has 0 aromatic heterocycles. The van der Waals surface area contributed by atoms with Gasteiger partial charge in [-0.25, -0.2) is 4.99 Å². The predicted octanol–water partition coefficient (Wildman–Crippen LogP) is 3.51. The summed E-state index contributed by atoms with van der Waals surface area (Å²) < 4.78 is 16.9. The predicted molar refractivity (Wildman–Crippen MR) is 136 cm³/mol. The molecule has 0 spiro atoms. The van der Waals surface area contributed by atoms with Crippen LogP contribution in [0.4, 0.5) is 0 Å². The average Bonchev–Trinajstić information content (AvgIpc) is 2.73. The number of rotatable bonds is 13. The molecule has 0 fully saturated rings. The number of ether oxygens (including phenoxy) is 3. The molecule has 0 saturated carbocycles. The van der Waals surface area contributed by atoms with Gasteiger partial charge in [0.25, 0.3) is 0 Å². The highest BCUT2D eigenvalue weighted by Gasteiger charge is 2.16. The fourth-order valence-electron chi connectivity index (χ4n) is 2.63. The number of hydrogen-bond acceptors (Lipinski definition) is 5. The molecule has 1 aromatic carbocycles. The SMILES string of the molecule is CCNC(=NCc1ccc(OCCN(CC)CC)c(OC)c1)NCC(C)(C)OC.I. The van der Waals surface area contributed by atoms with Gasteiger partial charge >= 0.3 is 0 Å². The second-order valence-electron chi connectivity index (χ2n) is 7.37. The van der Waals surface area contributed by atoms with Crippen LogP contribution in [-0.2, 0) is 11.3 Å². The van der Waals surface area contributed by atoms with E-state index in [4.69, 9.17) is 14.2 Å². The minimum absolute atomic E-state index is 0. The summed E-state index contributed by atoms with van der Waals surface area (Å²) in [5.41, 5.74) is 0.796. The van der Waals surface area contributed by atoms with Gasteiger partial charge in [0.2, 0.25) is 0 Å². The Morgan fingerprint density at radius 1 is 1.07 bits per heavy atom. The monoisotopic (exact) mass is 536 g/mol. The van der Waals surface area contributed by atoms with E-state index in [0.717, 1.165) is 49.2 Å². The zero-order chi connectivity index (χ0) is 21.7. The second-order valence-corrected chi connectivity index (χ2v) is 7.37. The lowest BCUT2D eigenvalue weighted by Crippen LogP contribution is -2.45. The summed E-state index contributed by atoms with van der Waals surface area (Å²) in [4.78, 5) is 7.00. The van der Waals surface area contributed by atoms with E-state index >= 15 is 0 Å². The van der Waals surface area contributed by atoms with Gasteiger partial charge < -0.3 is 29.7 Å². The first kappa shape index (κ1) is 28.7. The van der Waals surface area contributed by atoms with Gasteiger partial charge in [0.1, 0.15) is 6.61 Å². The van der Waals surface area contributed by atoms with E-state index in [9.17, 15) is 0 Å². The van der Waals surface area contributed by atoms with Gasteiger partial charge in [0.15, 0.2) is 17.5 Å². The van der Waals surface area contributed by atoms with Crippen molar-refractivity contribution in [2.45, 2.75) is 46.8 Å². The van der Waals surface area contributed by atoms with Crippen LogP contribution in [0.15, 0.2) is 23.2 Å². The third-order valence-electron chi connectivity index (χ3n) is 4.79. The number of halogens is 1. The minimum Gasteiger partial charge on any atom is -0.493 e. The lowest BCUT2D eigenvalue weighted by atomic mass is 10.1. The van der Waals surface area contributed by atoms with E-state index in [0.29, 0.717) is 19.7 Å². The first-order valence-electron chi connectivity index (χ1n) is 10.5. The Kier molecular flexibility index (Phi) is 14.9. The molecular weight excluding hydrogens is 495 g/mol. The van der Waals surface area contributed by atoms with Crippen molar-refractivity contribution in [3.8, 4) is 11.5 Å². The molecular formula is C22H41IN4O3. The molecule has 0 heterocycles. The van der Waals surface area contributed by atoms with Gasteiger partial charge in [-0.05, 0) is 51.6 Å². The zero-order valence-corrected chi connectivity index (χ0v) is 22.0. The topological polar surface area (TPSA) is 67.4 Å². The second kappa shape index (κ2) is 15.5. The van der Waals surface area contributed by atoms with Crippen LogP contribution in [0.25, 0.3) is 0 Å². The van der Waals surface area contributed by atoms with Crippen LogP contribution in [0.5, 0.6) is 11.5 Å². The molecule has 0 aliphatic rings. The molecule has 0 unspecified atom stereocenters. The standard InChI is InChI=1S/C22H40N4O3.HI/c1-8-23-21(25-17-22(4,5)28-7)24-16-18-11-12-19(20(15-18)27-6)29-14-13-26(9-2)10-3;/h11-12,15H,8-10,13-14,16-17H2,1-7H3,(H2,23,24,25);1H. The Labute approximate surface area is 200 Å². The first-order chi connectivity index (χ1) is 13.9. The third-order valence-corrected chi connectivity index (χ3v) is 4.79. The maximum atomic E-state index is 5.93. The Morgan fingerprint density at radius 3 is 2.33 bits per heavy atom. The van der Waals surface area contributed by atoms with Gasteiger partial charge in [-0.1, -0.05) is 19.9 Å². The summed E-state index contributed by atoms with van der Waals surface area (Å²) in [5.74, 6) is 2.26. The van der Waals surface area contributed by atoms with Gasteiger partial charge in [0.05, 0.1) is 19.3 Å². The smallest absolute Gasteiger partial charge is 0.191 e. The summed E-state index contributed by atoms with van der Waals surface area (Å²) >= 11 is 0. The molecule has 7 nitrogen and oxygen atoms in total. The van der Waals surface area contributed by atoms with Crippen LogP contribution in [0, 0.1) is 0 Å². The number of benzene rings is 1. The molecule has 0 saturated heterocycles. The quantitative estimate of drug-likeness (QED) is 0.229. The molecule has 0 amide bonds. The van der Waals surface area contributed by atoms with Crippen LogP contribution in [-0.4, -0.2) is 70.0 Å². The normalized spacial score (nSPS) is 11.8. The number of hydrogen-bond donors (Lipinski definition) is 2. The molecule has 1 rings (SSSR count). The van der Waals surface area contributed by atoms with Crippen LogP contribution in [0.2, 0.25) is 0 Å². The first-order valence-corrected chi connectivity index (χ1v) is 10.5. The van der Waals surface area contributed by atoms with Crippen molar-refractivity contribution in [3.63, 3.8) is 0 Å². The molecule has 0 aliphatic carbocycles. The van der Waals surface area contributed by atoms with Crippen molar-refractivity contribution in [2.75, 3.05) is 53.6 Å². The van der Waals surface area contributed by atoms with E-state index in [2.05, 4.69) is 34.4 Å². The highest BCUT2D eigenvalue weighted by atomic mass is 127. The van der Waals surface area contributed by atoms with E-state index in [1.54, 1.807) is 14.2 Å². The maximum absolute atomic E-state index is 5.93. The summed E-state index contributed by atoms with van der Waals surface area (Å²) in [7, 11) is 3.38. The van der Waals surface area contributed by atoms with Crippen molar-refractivity contribution in [1.29, 1.82) is 0 Å². The molecule has 2 N–H and O–H groups in total. The average molecular weight is 536 g/mol. The Hall–Kier alpha value is -1.26. The molecule has 174 valence electrons. The third kappa shape index (κ3) is 10.7. The molecule has 0 radical (unpaired) electrons. The van der Waals surface area contributed by atoms with Gasteiger partial charge in [0, 0.05) is 26.7 Å². The van der Waals surface area contributed by atoms with Crippen molar-refractivity contribution in [2.24, 2.45) is 4.99 Å². The van der Waals surface area contributed by atoms with Crippen LogP contribution in [0.3, 0.4) is 0 Å². The number of nitrogens with one attached hydrogen (secondary N) is 2. The Bertz CT molecular complexity index is 622. The van der Waals surface area contributed by atoms with Crippen molar-refractivity contribution in [1.82, 2.24) is 15.5 Å². The van der Waals surface area contributed by atoms with Gasteiger partial charge in [-0.3, -0.25) is 0 Å². The number of guanidine groups is 1. The van der Waals surface area contributed by atoms with E-state index < -0.39 is 0 Å². The lowest BCUT2D eigenvalue weighted by molar-refractivity contribution is 0.0268. The van der Waals surface area contributed by atoms with Gasteiger partial charge in [-0.15, -0.1) is 24.0 Å². The fraction of sp³-hybridized carbons (Fsp3) is 0.682. The van der Waals surface area contributed by atoms with E-state index in [1.807, 2.05) is 39.0 Å². The van der Waals surface area contributed by atoms with Crippen molar-refractivity contribution in [3.05, 3.63) is 23.8 Å². The molecule has 30 heavy (non-hydrogen) atoms. The van der Waals surface area contributed by atoms with Crippen LogP contribution < -0.4 is 20.1 Å². The molecule has 8 heteroatoms.